The van der Waals surface area contributed by atoms with Crippen molar-refractivity contribution in [2.75, 3.05) is 32.7 Å². The molecule has 0 radical (unpaired) electrons. The Balaban J connectivity index is 2.05. The number of aliphatic hydroxyl groups excluding tert-OH is 1. The molecule has 1 heterocycles. The van der Waals surface area contributed by atoms with Gasteiger partial charge in [-0.05, 0) is 31.0 Å². The summed E-state index contributed by atoms with van der Waals surface area (Å²) >= 11 is 1.79. The van der Waals surface area contributed by atoms with E-state index in [9.17, 15) is 5.11 Å². The normalized spacial score (nSPS) is 13.2. The fourth-order valence-corrected chi connectivity index (χ4v) is 2.49. The van der Waals surface area contributed by atoms with Crippen molar-refractivity contribution in [2.45, 2.75) is 26.4 Å². The summed E-state index contributed by atoms with van der Waals surface area (Å²) in [5.74, 6) is 0. The average Bonchev–Trinajstić information content (AvgIpc) is 2.84. The van der Waals surface area contributed by atoms with Gasteiger partial charge in [-0.15, -0.1) is 11.3 Å². The van der Waals surface area contributed by atoms with Gasteiger partial charge >= 0.3 is 0 Å². The van der Waals surface area contributed by atoms with Crippen molar-refractivity contribution in [1.29, 1.82) is 0 Å². The molecule has 17 heavy (non-hydrogen) atoms. The van der Waals surface area contributed by atoms with E-state index in [0.717, 1.165) is 32.6 Å². The number of hydrogen-bond donors (Lipinski definition) is 2. The topological polar surface area (TPSA) is 35.5 Å². The van der Waals surface area contributed by atoms with E-state index >= 15 is 0 Å². The van der Waals surface area contributed by atoms with Crippen LogP contribution in [0.4, 0.5) is 0 Å². The van der Waals surface area contributed by atoms with Crippen LogP contribution in [0.1, 0.15) is 18.7 Å². The van der Waals surface area contributed by atoms with Crippen LogP contribution in [-0.2, 0) is 6.42 Å². The lowest BCUT2D eigenvalue weighted by Gasteiger charge is -2.22. The number of nitrogens with zero attached hydrogens (tertiary/aromatic N) is 1. The predicted octanol–water partition coefficient (Wildman–Crippen LogP) is 1.58. The molecular weight excluding hydrogens is 232 g/mol. The molecule has 0 spiro atoms. The molecule has 0 aromatic carbocycles. The fraction of sp³-hybridized carbons (Fsp3) is 0.692. The van der Waals surface area contributed by atoms with E-state index in [1.807, 2.05) is 0 Å². The van der Waals surface area contributed by atoms with Gasteiger partial charge in [0.25, 0.3) is 0 Å². The molecule has 1 aromatic rings. The Morgan fingerprint density at radius 1 is 1.41 bits per heavy atom. The Hall–Kier alpha value is -0.420. The first-order chi connectivity index (χ1) is 8.26. The van der Waals surface area contributed by atoms with E-state index in [-0.39, 0.29) is 6.10 Å². The predicted molar refractivity (Wildman–Crippen MR) is 74.7 cm³/mol. The first-order valence-electron chi connectivity index (χ1n) is 6.39. The Morgan fingerprint density at radius 2 is 2.18 bits per heavy atom. The van der Waals surface area contributed by atoms with Gasteiger partial charge in [-0.1, -0.05) is 19.9 Å². The SMILES string of the molecule is CCN(CC)CC(O)CNCCc1cccs1. The van der Waals surface area contributed by atoms with Gasteiger partial charge in [0.2, 0.25) is 0 Å². The number of likely N-dealkylation sites (N-methyl/N-ethyl adjacent to an activating group) is 1. The van der Waals surface area contributed by atoms with E-state index in [1.54, 1.807) is 11.3 Å². The zero-order chi connectivity index (χ0) is 12.5. The van der Waals surface area contributed by atoms with Crippen LogP contribution in [0.5, 0.6) is 0 Å². The molecule has 0 aliphatic carbocycles. The molecule has 3 nitrogen and oxygen atoms in total. The zero-order valence-corrected chi connectivity index (χ0v) is 11.7. The van der Waals surface area contributed by atoms with Crippen LogP contribution in [0.25, 0.3) is 0 Å². The maximum atomic E-state index is 9.84. The monoisotopic (exact) mass is 256 g/mol. The molecule has 0 amide bonds. The summed E-state index contributed by atoms with van der Waals surface area (Å²) < 4.78 is 0. The molecule has 1 rings (SSSR count). The third-order valence-corrected chi connectivity index (χ3v) is 3.81. The molecule has 4 heteroatoms. The van der Waals surface area contributed by atoms with Crippen molar-refractivity contribution < 1.29 is 5.11 Å². The van der Waals surface area contributed by atoms with Crippen LogP contribution >= 0.6 is 11.3 Å². The molecule has 98 valence electrons. The lowest BCUT2D eigenvalue weighted by Crippen LogP contribution is -2.38. The van der Waals surface area contributed by atoms with E-state index in [4.69, 9.17) is 0 Å². The second-order valence-electron chi connectivity index (χ2n) is 4.17. The molecule has 0 aliphatic heterocycles. The average molecular weight is 256 g/mol. The summed E-state index contributed by atoms with van der Waals surface area (Å²) in [6.07, 6.45) is 0.786. The second-order valence-corrected chi connectivity index (χ2v) is 5.21. The van der Waals surface area contributed by atoms with Gasteiger partial charge in [0, 0.05) is 24.5 Å². The minimum absolute atomic E-state index is 0.266. The first-order valence-corrected chi connectivity index (χ1v) is 7.27. The Labute approximate surface area is 108 Å². The molecule has 0 bridgehead atoms. The highest BCUT2D eigenvalue weighted by molar-refractivity contribution is 7.09. The number of thiophene rings is 1. The summed E-state index contributed by atoms with van der Waals surface area (Å²) in [5.41, 5.74) is 0. The van der Waals surface area contributed by atoms with Crippen LogP contribution in [-0.4, -0.2) is 48.8 Å². The minimum atomic E-state index is -0.266. The van der Waals surface area contributed by atoms with Crippen LogP contribution in [0.3, 0.4) is 0 Å². The molecule has 1 aromatic heterocycles. The fourth-order valence-electron chi connectivity index (χ4n) is 1.78. The Morgan fingerprint density at radius 3 is 2.76 bits per heavy atom. The quantitative estimate of drug-likeness (QED) is 0.659. The summed E-state index contributed by atoms with van der Waals surface area (Å²) in [6, 6.07) is 4.23. The lowest BCUT2D eigenvalue weighted by molar-refractivity contribution is 0.117. The van der Waals surface area contributed by atoms with Gasteiger partial charge < -0.3 is 15.3 Å². The van der Waals surface area contributed by atoms with Gasteiger partial charge in [-0.2, -0.15) is 0 Å². The maximum absolute atomic E-state index is 9.84. The highest BCUT2D eigenvalue weighted by Gasteiger charge is 2.07. The van der Waals surface area contributed by atoms with Crippen LogP contribution < -0.4 is 5.32 Å². The maximum Gasteiger partial charge on any atom is 0.0791 e. The van der Waals surface area contributed by atoms with Crippen molar-refractivity contribution in [3.05, 3.63) is 22.4 Å². The summed E-state index contributed by atoms with van der Waals surface area (Å²) in [7, 11) is 0. The van der Waals surface area contributed by atoms with Gasteiger partial charge in [-0.3, -0.25) is 0 Å². The Bertz CT molecular complexity index is 273. The third-order valence-electron chi connectivity index (χ3n) is 2.87. The van der Waals surface area contributed by atoms with Gasteiger partial charge in [0.05, 0.1) is 6.10 Å². The molecule has 1 atom stereocenters. The van der Waals surface area contributed by atoms with Crippen LogP contribution in [0.15, 0.2) is 17.5 Å². The molecule has 0 saturated carbocycles. The number of rotatable bonds is 9. The van der Waals surface area contributed by atoms with Crippen LogP contribution in [0.2, 0.25) is 0 Å². The summed E-state index contributed by atoms with van der Waals surface area (Å²) in [4.78, 5) is 3.64. The van der Waals surface area contributed by atoms with E-state index in [0.29, 0.717) is 6.54 Å². The van der Waals surface area contributed by atoms with Crippen molar-refractivity contribution in [3.8, 4) is 0 Å². The highest BCUT2D eigenvalue weighted by atomic mass is 32.1. The van der Waals surface area contributed by atoms with E-state index < -0.39 is 0 Å². The zero-order valence-electron chi connectivity index (χ0n) is 10.9. The van der Waals surface area contributed by atoms with Crippen LogP contribution in [0, 0.1) is 0 Å². The second kappa shape index (κ2) is 8.64. The molecular formula is C13H24N2OS. The summed E-state index contributed by atoms with van der Waals surface area (Å²) in [6.45, 7) is 8.64. The summed E-state index contributed by atoms with van der Waals surface area (Å²) in [5, 5.41) is 15.2. The van der Waals surface area contributed by atoms with Crippen molar-refractivity contribution in [2.24, 2.45) is 0 Å². The van der Waals surface area contributed by atoms with Gasteiger partial charge in [-0.25, -0.2) is 0 Å². The van der Waals surface area contributed by atoms with Crippen molar-refractivity contribution in [3.63, 3.8) is 0 Å². The van der Waals surface area contributed by atoms with Gasteiger partial charge in [0.1, 0.15) is 0 Å². The minimum Gasteiger partial charge on any atom is -0.390 e. The first kappa shape index (κ1) is 14.6. The number of nitrogens with one attached hydrogen (secondary N) is 1. The number of hydrogen-bond acceptors (Lipinski definition) is 4. The third kappa shape index (κ3) is 6.17. The number of aliphatic hydroxyl groups is 1. The Kier molecular flexibility index (Phi) is 7.44. The highest BCUT2D eigenvalue weighted by Crippen LogP contribution is 2.07. The molecule has 1 unspecified atom stereocenters. The van der Waals surface area contributed by atoms with Gasteiger partial charge in [0.15, 0.2) is 0 Å². The standard InChI is InChI=1S/C13H24N2OS/c1-3-15(4-2)11-12(16)10-14-8-7-13-6-5-9-17-13/h5-6,9,12,14,16H,3-4,7-8,10-11H2,1-2H3. The molecule has 0 aliphatic rings. The van der Waals surface area contributed by atoms with E-state index in [1.165, 1.54) is 4.88 Å². The smallest absolute Gasteiger partial charge is 0.0791 e. The van der Waals surface area contributed by atoms with E-state index in [2.05, 4.69) is 41.6 Å². The lowest BCUT2D eigenvalue weighted by atomic mass is 10.3. The largest absolute Gasteiger partial charge is 0.390 e. The molecule has 0 saturated heterocycles. The molecule has 0 fully saturated rings. The van der Waals surface area contributed by atoms with Crippen molar-refractivity contribution >= 4 is 11.3 Å². The molecule has 2 N–H and O–H groups in total. The van der Waals surface area contributed by atoms with Crippen molar-refractivity contribution in [1.82, 2.24) is 10.2 Å².